The van der Waals surface area contributed by atoms with E-state index < -0.39 is 0 Å². The van der Waals surface area contributed by atoms with Crippen molar-refractivity contribution < 1.29 is 19.1 Å². The molecule has 0 radical (unpaired) electrons. The van der Waals surface area contributed by atoms with Crippen LogP contribution in [0.15, 0.2) is 24.3 Å². The zero-order chi connectivity index (χ0) is 25.0. The lowest BCUT2D eigenvalue weighted by molar-refractivity contribution is -0.151. The van der Waals surface area contributed by atoms with E-state index in [4.69, 9.17) is 4.74 Å². The molecule has 1 aromatic rings. The summed E-state index contributed by atoms with van der Waals surface area (Å²) in [5.41, 5.74) is 0.720. The molecule has 0 aromatic heterocycles. The molecule has 0 N–H and O–H groups in total. The van der Waals surface area contributed by atoms with E-state index in [9.17, 15) is 14.4 Å². The van der Waals surface area contributed by atoms with Gasteiger partial charge in [0.1, 0.15) is 11.8 Å². The van der Waals surface area contributed by atoms with E-state index in [1.165, 1.54) is 25.9 Å². The first-order valence-corrected chi connectivity index (χ1v) is 13.7. The van der Waals surface area contributed by atoms with Crippen molar-refractivity contribution in [3.05, 3.63) is 29.8 Å². The lowest BCUT2D eigenvalue weighted by Gasteiger charge is -2.46. The van der Waals surface area contributed by atoms with Crippen LogP contribution in [0.1, 0.15) is 55.8 Å². The van der Waals surface area contributed by atoms with Crippen LogP contribution in [0.5, 0.6) is 5.75 Å². The van der Waals surface area contributed by atoms with Crippen LogP contribution in [0, 0.1) is 11.8 Å². The fourth-order valence-corrected chi connectivity index (χ4v) is 6.99. The highest BCUT2D eigenvalue weighted by atomic mass is 16.5. The van der Waals surface area contributed by atoms with Gasteiger partial charge in [-0.05, 0) is 76.6 Å². The van der Waals surface area contributed by atoms with E-state index in [1.807, 2.05) is 21.9 Å². The first-order valence-electron chi connectivity index (χ1n) is 13.7. The fraction of sp³-hybridized carbons (Fsp3) is 0.679. The summed E-state index contributed by atoms with van der Waals surface area (Å²) in [6, 6.07) is 7.08. The summed E-state index contributed by atoms with van der Waals surface area (Å²) in [6.07, 6.45) is 6.39. The van der Waals surface area contributed by atoms with Crippen molar-refractivity contribution in [2.75, 3.05) is 46.4 Å². The largest absolute Gasteiger partial charge is 0.496 e. The molecule has 6 rings (SSSR count). The van der Waals surface area contributed by atoms with Gasteiger partial charge >= 0.3 is 0 Å². The van der Waals surface area contributed by atoms with Crippen LogP contribution in [0.4, 0.5) is 0 Å². The molecule has 36 heavy (non-hydrogen) atoms. The number of para-hydroxylation sites is 1. The molecule has 8 nitrogen and oxygen atoms in total. The average molecular weight is 495 g/mol. The zero-order valence-corrected chi connectivity index (χ0v) is 21.5. The predicted molar refractivity (Wildman–Crippen MR) is 135 cm³/mol. The van der Waals surface area contributed by atoms with Crippen molar-refractivity contribution >= 4 is 17.7 Å². The topological polar surface area (TPSA) is 73.4 Å². The summed E-state index contributed by atoms with van der Waals surface area (Å²) in [7, 11) is 1.56. The number of carbonyl (C=O) groups is 3. The summed E-state index contributed by atoms with van der Waals surface area (Å²) in [6.45, 7) is 7.09. The molecule has 1 saturated carbocycles. The SMILES string of the molecule is COc1ccccc1C(=O)N1CC(C(=O)N2[C@@H](C(=O)N3CCC(C)(N4CCCC4)CC3)C[C@H]3C[C@H]32)C1. The Hall–Kier alpha value is -2.61. The van der Waals surface area contributed by atoms with Gasteiger partial charge in [0.05, 0.1) is 18.6 Å². The number of methoxy groups -OCH3 is 1. The van der Waals surface area contributed by atoms with E-state index in [1.54, 1.807) is 24.1 Å². The number of hydrogen-bond acceptors (Lipinski definition) is 5. The number of benzene rings is 1. The third-order valence-corrected chi connectivity index (χ3v) is 9.52. The van der Waals surface area contributed by atoms with Crippen LogP contribution < -0.4 is 4.74 Å². The van der Waals surface area contributed by atoms with Gasteiger partial charge in [-0.2, -0.15) is 0 Å². The highest BCUT2D eigenvalue weighted by Gasteiger charge is 2.58. The molecule has 1 aliphatic carbocycles. The second-order valence-electron chi connectivity index (χ2n) is 11.7. The number of carbonyl (C=O) groups excluding carboxylic acids is 3. The molecule has 3 atom stereocenters. The maximum atomic E-state index is 13.6. The minimum absolute atomic E-state index is 0.0568. The third-order valence-electron chi connectivity index (χ3n) is 9.52. The number of nitrogens with zero attached hydrogens (tertiary/aromatic N) is 4. The first kappa shape index (κ1) is 23.8. The van der Waals surface area contributed by atoms with Crippen LogP contribution in [-0.4, -0.2) is 101 Å². The Balaban J connectivity index is 1.07. The molecule has 8 heteroatoms. The van der Waals surface area contributed by atoms with Crippen molar-refractivity contribution in [3.63, 3.8) is 0 Å². The Morgan fingerprint density at radius 2 is 1.61 bits per heavy atom. The highest BCUT2D eigenvalue weighted by Crippen LogP contribution is 2.49. The van der Waals surface area contributed by atoms with Crippen molar-refractivity contribution in [3.8, 4) is 5.75 Å². The van der Waals surface area contributed by atoms with Gasteiger partial charge in [0.15, 0.2) is 0 Å². The smallest absolute Gasteiger partial charge is 0.257 e. The van der Waals surface area contributed by atoms with Crippen LogP contribution in [0.2, 0.25) is 0 Å². The van der Waals surface area contributed by atoms with Crippen molar-refractivity contribution in [2.45, 2.75) is 63.1 Å². The highest BCUT2D eigenvalue weighted by molar-refractivity contribution is 5.99. The molecule has 4 saturated heterocycles. The van der Waals surface area contributed by atoms with Gasteiger partial charge < -0.3 is 19.4 Å². The lowest BCUT2D eigenvalue weighted by atomic mass is 9.87. The van der Waals surface area contributed by atoms with Gasteiger partial charge in [-0.15, -0.1) is 0 Å². The molecule has 5 fully saturated rings. The first-order chi connectivity index (χ1) is 17.4. The third kappa shape index (κ3) is 3.98. The number of amides is 3. The summed E-state index contributed by atoms with van der Waals surface area (Å²) in [4.78, 5) is 48.4. The van der Waals surface area contributed by atoms with Crippen LogP contribution >= 0.6 is 0 Å². The number of rotatable bonds is 5. The maximum absolute atomic E-state index is 13.6. The number of piperidine rings is 2. The fourth-order valence-electron chi connectivity index (χ4n) is 6.99. The lowest BCUT2D eigenvalue weighted by Crippen LogP contribution is -2.60. The number of hydrogen-bond donors (Lipinski definition) is 0. The molecule has 5 aliphatic rings. The van der Waals surface area contributed by atoms with Crippen LogP contribution in [0.3, 0.4) is 0 Å². The van der Waals surface area contributed by atoms with Gasteiger partial charge in [-0.3, -0.25) is 19.3 Å². The van der Waals surface area contributed by atoms with Crippen LogP contribution in [-0.2, 0) is 9.59 Å². The van der Waals surface area contributed by atoms with Gasteiger partial charge in [0.2, 0.25) is 11.8 Å². The van der Waals surface area contributed by atoms with Gasteiger partial charge in [0, 0.05) is 37.8 Å². The molecule has 0 spiro atoms. The van der Waals surface area contributed by atoms with E-state index in [0.717, 1.165) is 38.8 Å². The Morgan fingerprint density at radius 3 is 2.31 bits per heavy atom. The normalized spacial score (nSPS) is 29.6. The summed E-state index contributed by atoms with van der Waals surface area (Å²) in [5, 5.41) is 0. The van der Waals surface area contributed by atoms with E-state index >= 15 is 0 Å². The molecular formula is C28H38N4O4. The van der Waals surface area contributed by atoms with Crippen molar-refractivity contribution in [2.24, 2.45) is 11.8 Å². The Bertz CT molecular complexity index is 1040. The monoisotopic (exact) mass is 494 g/mol. The minimum atomic E-state index is -0.323. The molecule has 4 heterocycles. The predicted octanol–water partition coefficient (Wildman–Crippen LogP) is 2.23. The summed E-state index contributed by atoms with van der Waals surface area (Å²) < 4.78 is 5.33. The number of likely N-dealkylation sites (tertiary alicyclic amines) is 4. The van der Waals surface area contributed by atoms with Gasteiger partial charge in [0.25, 0.3) is 5.91 Å². The number of fused-ring (bicyclic) bond motifs is 1. The average Bonchev–Trinajstić information content (AvgIpc) is 3.25. The molecule has 194 valence electrons. The molecule has 0 bridgehead atoms. The molecule has 1 aromatic carbocycles. The van der Waals surface area contributed by atoms with Gasteiger partial charge in [-0.25, -0.2) is 0 Å². The zero-order valence-electron chi connectivity index (χ0n) is 21.5. The summed E-state index contributed by atoms with van der Waals surface area (Å²) >= 11 is 0. The second-order valence-corrected chi connectivity index (χ2v) is 11.7. The molecule has 3 amide bonds. The molecule has 0 unspecified atom stereocenters. The standard InChI is InChI=1S/C28H38N4O4/c1-28(31-11-5-6-12-31)9-13-29(14-10-28)27(35)23-16-19-15-22(19)32(23)25(33)20-17-30(18-20)26(34)21-7-3-4-8-24(21)36-2/h3-4,7-8,19-20,22-23H,5-6,9-18H2,1-2H3/t19-,22-,23-/m1/s1. The van der Waals surface area contributed by atoms with E-state index in [2.05, 4.69) is 11.8 Å². The quantitative estimate of drug-likeness (QED) is 0.628. The number of ether oxygens (including phenoxy) is 1. The van der Waals surface area contributed by atoms with Crippen molar-refractivity contribution in [1.82, 2.24) is 19.6 Å². The molecule has 4 aliphatic heterocycles. The summed E-state index contributed by atoms with van der Waals surface area (Å²) in [5.74, 6) is 0.878. The Kier molecular flexibility index (Phi) is 5.97. The maximum Gasteiger partial charge on any atom is 0.257 e. The minimum Gasteiger partial charge on any atom is -0.496 e. The Labute approximate surface area is 213 Å². The van der Waals surface area contributed by atoms with Gasteiger partial charge in [-0.1, -0.05) is 12.1 Å². The molecular weight excluding hydrogens is 456 g/mol. The van der Waals surface area contributed by atoms with Crippen molar-refractivity contribution in [1.29, 1.82) is 0 Å². The van der Waals surface area contributed by atoms with E-state index in [-0.39, 0.29) is 41.3 Å². The van der Waals surface area contributed by atoms with E-state index in [0.29, 0.717) is 30.3 Å². The Morgan fingerprint density at radius 1 is 0.917 bits per heavy atom. The second kappa shape index (κ2) is 9.05. The van der Waals surface area contributed by atoms with Crippen LogP contribution in [0.25, 0.3) is 0 Å².